The Kier molecular flexibility index (Phi) is 6.45. The number of nitrogen functional groups attached to an aromatic ring is 1. The summed E-state index contributed by atoms with van der Waals surface area (Å²) in [6.45, 7) is 1.39. The Morgan fingerprint density at radius 1 is 0.839 bits per heavy atom. The van der Waals surface area contributed by atoms with Crippen LogP contribution in [0, 0.1) is 0 Å². The summed E-state index contributed by atoms with van der Waals surface area (Å²) in [5, 5.41) is 2.72. The van der Waals surface area contributed by atoms with Crippen LogP contribution in [-0.2, 0) is 4.79 Å². The molecule has 0 saturated heterocycles. The van der Waals surface area contributed by atoms with Crippen LogP contribution in [0.5, 0.6) is 17.2 Å². The van der Waals surface area contributed by atoms with E-state index in [0.29, 0.717) is 39.8 Å². The molecular weight excluding hydrogens is 396 g/mol. The number of nitrogens with two attached hydrogens (primary N) is 1. The van der Waals surface area contributed by atoms with Gasteiger partial charge in [-0.2, -0.15) is 0 Å². The summed E-state index contributed by atoms with van der Waals surface area (Å²) in [4.78, 5) is 25.2. The Morgan fingerprint density at radius 3 is 2.03 bits per heavy atom. The SMILES string of the molecule is COc1cc(C(=O)c2cc(-c3cccc(N)c3)ccc2NC(C)=O)cc(OC)c1OC. The van der Waals surface area contributed by atoms with Crippen LogP contribution < -0.4 is 25.3 Å². The molecule has 160 valence electrons. The lowest BCUT2D eigenvalue weighted by atomic mass is 9.96. The molecular formula is C24H24N2O5. The summed E-state index contributed by atoms with van der Waals surface area (Å²) in [5.41, 5.74) is 9.21. The maximum Gasteiger partial charge on any atom is 0.221 e. The molecule has 3 N–H and O–H groups in total. The summed E-state index contributed by atoms with van der Waals surface area (Å²) in [6, 6.07) is 15.8. The summed E-state index contributed by atoms with van der Waals surface area (Å²) in [5.74, 6) is 0.512. The number of amides is 1. The van der Waals surface area contributed by atoms with Crippen molar-refractivity contribution >= 4 is 23.1 Å². The topological polar surface area (TPSA) is 99.9 Å². The van der Waals surface area contributed by atoms with Crippen molar-refractivity contribution < 1.29 is 23.8 Å². The largest absolute Gasteiger partial charge is 0.493 e. The fourth-order valence-corrected chi connectivity index (χ4v) is 3.30. The van der Waals surface area contributed by atoms with E-state index in [0.717, 1.165) is 11.1 Å². The van der Waals surface area contributed by atoms with Crippen molar-refractivity contribution in [2.24, 2.45) is 0 Å². The lowest BCUT2D eigenvalue weighted by molar-refractivity contribution is -0.114. The van der Waals surface area contributed by atoms with Crippen LogP contribution in [0.4, 0.5) is 11.4 Å². The Bertz CT molecular complexity index is 1120. The van der Waals surface area contributed by atoms with Gasteiger partial charge in [-0.1, -0.05) is 18.2 Å². The smallest absolute Gasteiger partial charge is 0.221 e. The second kappa shape index (κ2) is 9.21. The van der Waals surface area contributed by atoms with Crippen molar-refractivity contribution in [3.63, 3.8) is 0 Å². The lowest BCUT2D eigenvalue weighted by Gasteiger charge is -2.15. The second-order valence-corrected chi connectivity index (χ2v) is 6.81. The van der Waals surface area contributed by atoms with Gasteiger partial charge in [0.15, 0.2) is 17.3 Å². The number of benzene rings is 3. The third kappa shape index (κ3) is 4.61. The minimum atomic E-state index is -0.311. The van der Waals surface area contributed by atoms with Crippen LogP contribution in [0.2, 0.25) is 0 Å². The van der Waals surface area contributed by atoms with E-state index in [-0.39, 0.29) is 11.7 Å². The molecule has 0 fully saturated rings. The number of carbonyl (C=O) groups excluding carboxylic acids is 2. The number of hydrogen-bond acceptors (Lipinski definition) is 6. The number of methoxy groups -OCH3 is 3. The average Bonchev–Trinajstić information content (AvgIpc) is 2.77. The van der Waals surface area contributed by atoms with Crippen molar-refractivity contribution in [1.82, 2.24) is 0 Å². The van der Waals surface area contributed by atoms with Gasteiger partial charge >= 0.3 is 0 Å². The highest BCUT2D eigenvalue weighted by molar-refractivity contribution is 6.14. The highest BCUT2D eigenvalue weighted by Crippen LogP contribution is 2.39. The van der Waals surface area contributed by atoms with Crippen molar-refractivity contribution in [3.8, 4) is 28.4 Å². The van der Waals surface area contributed by atoms with Crippen molar-refractivity contribution in [1.29, 1.82) is 0 Å². The van der Waals surface area contributed by atoms with Crippen LogP contribution in [0.15, 0.2) is 54.6 Å². The summed E-state index contributed by atoms with van der Waals surface area (Å²) in [7, 11) is 4.45. The fraction of sp³-hybridized carbons (Fsp3) is 0.167. The maximum absolute atomic E-state index is 13.5. The monoisotopic (exact) mass is 420 g/mol. The third-order valence-electron chi connectivity index (χ3n) is 4.72. The standard InChI is InChI=1S/C24H24N2O5/c1-14(27)26-20-9-8-16(15-6-5-7-18(25)10-15)11-19(20)23(28)17-12-21(29-2)24(31-4)22(13-17)30-3/h5-13H,25H2,1-4H3,(H,26,27). The highest BCUT2D eigenvalue weighted by atomic mass is 16.5. The van der Waals surface area contributed by atoms with E-state index in [2.05, 4.69) is 5.32 Å². The number of ether oxygens (including phenoxy) is 3. The first-order valence-corrected chi connectivity index (χ1v) is 9.50. The molecule has 0 radical (unpaired) electrons. The van der Waals surface area contributed by atoms with E-state index in [1.807, 2.05) is 24.3 Å². The molecule has 0 saturated carbocycles. The van der Waals surface area contributed by atoms with Gasteiger partial charge in [0.2, 0.25) is 11.7 Å². The molecule has 3 aromatic rings. The number of ketones is 1. The first-order valence-electron chi connectivity index (χ1n) is 9.50. The molecule has 0 aliphatic carbocycles. The Labute approximate surface area is 180 Å². The Morgan fingerprint density at radius 2 is 1.48 bits per heavy atom. The number of hydrogen-bond donors (Lipinski definition) is 2. The van der Waals surface area contributed by atoms with Crippen LogP contribution in [0.25, 0.3) is 11.1 Å². The van der Waals surface area contributed by atoms with Crippen LogP contribution in [0.1, 0.15) is 22.8 Å². The van der Waals surface area contributed by atoms with Gasteiger partial charge in [-0.3, -0.25) is 9.59 Å². The van der Waals surface area contributed by atoms with Gasteiger partial charge in [0.05, 0.1) is 27.0 Å². The van der Waals surface area contributed by atoms with Crippen LogP contribution in [0.3, 0.4) is 0 Å². The number of nitrogens with one attached hydrogen (secondary N) is 1. The minimum Gasteiger partial charge on any atom is -0.493 e. The molecule has 3 aromatic carbocycles. The Balaban J connectivity index is 2.16. The maximum atomic E-state index is 13.5. The summed E-state index contributed by atoms with van der Waals surface area (Å²) < 4.78 is 16.1. The normalized spacial score (nSPS) is 10.3. The molecule has 7 nitrogen and oxygen atoms in total. The van der Waals surface area contributed by atoms with E-state index in [1.54, 1.807) is 30.3 Å². The zero-order chi connectivity index (χ0) is 22.5. The highest BCUT2D eigenvalue weighted by Gasteiger charge is 2.21. The van der Waals surface area contributed by atoms with Gasteiger partial charge in [-0.25, -0.2) is 0 Å². The van der Waals surface area contributed by atoms with Gasteiger partial charge in [0, 0.05) is 23.7 Å². The van der Waals surface area contributed by atoms with Gasteiger partial charge in [-0.05, 0) is 47.5 Å². The van der Waals surface area contributed by atoms with E-state index in [1.165, 1.54) is 28.3 Å². The molecule has 0 spiro atoms. The van der Waals surface area contributed by atoms with E-state index in [9.17, 15) is 9.59 Å². The predicted molar refractivity (Wildman–Crippen MR) is 120 cm³/mol. The predicted octanol–water partition coefficient (Wildman–Crippen LogP) is 4.15. The zero-order valence-corrected chi connectivity index (χ0v) is 17.8. The number of carbonyl (C=O) groups is 2. The van der Waals surface area contributed by atoms with E-state index < -0.39 is 0 Å². The lowest BCUT2D eigenvalue weighted by Crippen LogP contribution is -2.12. The minimum absolute atomic E-state index is 0.282. The first kappa shape index (κ1) is 21.7. The zero-order valence-electron chi connectivity index (χ0n) is 17.8. The van der Waals surface area contributed by atoms with Gasteiger partial charge < -0.3 is 25.3 Å². The molecule has 0 bridgehead atoms. The summed E-state index contributed by atoms with van der Waals surface area (Å²) in [6.07, 6.45) is 0. The van der Waals surface area contributed by atoms with Crippen molar-refractivity contribution in [2.45, 2.75) is 6.92 Å². The summed E-state index contributed by atoms with van der Waals surface area (Å²) >= 11 is 0. The molecule has 31 heavy (non-hydrogen) atoms. The molecule has 0 heterocycles. The molecule has 0 unspecified atom stereocenters. The van der Waals surface area contributed by atoms with E-state index in [4.69, 9.17) is 19.9 Å². The molecule has 0 aliphatic heterocycles. The molecule has 3 rings (SSSR count). The third-order valence-corrected chi connectivity index (χ3v) is 4.72. The second-order valence-electron chi connectivity index (χ2n) is 6.81. The molecule has 0 aromatic heterocycles. The van der Waals surface area contributed by atoms with Gasteiger partial charge in [0.1, 0.15) is 0 Å². The molecule has 7 heteroatoms. The molecule has 0 aliphatic rings. The molecule has 1 amide bonds. The first-order chi connectivity index (χ1) is 14.9. The van der Waals surface area contributed by atoms with Gasteiger partial charge in [-0.15, -0.1) is 0 Å². The fourth-order valence-electron chi connectivity index (χ4n) is 3.30. The average molecular weight is 420 g/mol. The molecule has 0 atom stereocenters. The van der Waals surface area contributed by atoms with Crippen molar-refractivity contribution in [2.75, 3.05) is 32.4 Å². The quantitative estimate of drug-likeness (QED) is 0.440. The van der Waals surface area contributed by atoms with E-state index >= 15 is 0 Å². The Hall–Kier alpha value is -4.00. The van der Waals surface area contributed by atoms with Crippen LogP contribution >= 0.6 is 0 Å². The van der Waals surface area contributed by atoms with Gasteiger partial charge in [0.25, 0.3) is 0 Å². The van der Waals surface area contributed by atoms with Crippen molar-refractivity contribution in [3.05, 3.63) is 65.7 Å². The van der Waals surface area contributed by atoms with Crippen LogP contribution in [-0.4, -0.2) is 33.0 Å². The number of anilines is 2. The number of rotatable bonds is 7.